The van der Waals surface area contributed by atoms with Gasteiger partial charge in [0.25, 0.3) is 5.91 Å². The van der Waals surface area contributed by atoms with Gasteiger partial charge in [-0.1, -0.05) is 72.8 Å². The number of benzene rings is 3. The third kappa shape index (κ3) is 6.93. The number of aryl methyl sites for hydroxylation is 1. The fourth-order valence-electron chi connectivity index (χ4n) is 7.70. The fraction of sp³-hybridized carbons (Fsp3) is 0.400. The van der Waals surface area contributed by atoms with Gasteiger partial charge >= 0.3 is 0 Å². The third-order valence-electron chi connectivity index (χ3n) is 10.3. The van der Waals surface area contributed by atoms with Gasteiger partial charge in [0.15, 0.2) is 0 Å². The van der Waals surface area contributed by atoms with Crippen LogP contribution in [0.3, 0.4) is 0 Å². The van der Waals surface area contributed by atoms with Gasteiger partial charge in [-0.25, -0.2) is 4.98 Å². The lowest BCUT2D eigenvalue weighted by atomic mass is 9.78. The first-order chi connectivity index (χ1) is 23.2. The molecule has 3 aromatic carbocycles. The predicted molar refractivity (Wildman–Crippen MR) is 192 cm³/mol. The largest absolute Gasteiger partial charge is 0.366 e. The van der Waals surface area contributed by atoms with Crippen LogP contribution in [0.4, 0.5) is 11.8 Å². The van der Waals surface area contributed by atoms with Crippen LogP contribution < -0.4 is 16.0 Å². The Morgan fingerprint density at radius 3 is 1.98 bits per heavy atom. The molecule has 1 aromatic heterocycles. The lowest BCUT2D eigenvalue weighted by Gasteiger charge is -2.37. The molecule has 2 atom stereocenters. The number of hydrogen-bond donors (Lipinski definition) is 2. The standard InChI is InChI=1S/C40H48N6O2/c1-26(28-14-7-5-8-15-28)46(27(2)29-16-9-6-10-17-29)39(48)36-32(19-13-20-34(36)37(41)47)30-22-24-31(25-23-30)42-40-43-35-21-12-11-18-33(35)38(44-40)45(3)4/h5-10,13-17,19-20,26-27,30-31H,11-12,18,21-25H2,1-4H3,(H2,41,47)(H,42,43,44)/t26-,27-,30?,31?/m0/s1. The van der Waals surface area contributed by atoms with E-state index in [1.54, 1.807) is 6.07 Å². The smallest absolute Gasteiger partial charge is 0.255 e. The fourth-order valence-corrected chi connectivity index (χ4v) is 7.70. The van der Waals surface area contributed by atoms with Crippen LogP contribution in [0, 0.1) is 0 Å². The van der Waals surface area contributed by atoms with Crippen molar-refractivity contribution in [2.45, 2.75) is 89.3 Å². The van der Waals surface area contributed by atoms with E-state index in [0.29, 0.717) is 11.5 Å². The van der Waals surface area contributed by atoms with Crippen molar-refractivity contribution in [3.8, 4) is 0 Å². The summed E-state index contributed by atoms with van der Waals surface area (Å²) in [6.07, 6.45) is 7.92. The molecule has 0 saturated heterocycles. The molecule has 2 amide bonds. The van der Waals surface area contributed by atoms with E-state index in [4.69, 9.17) is 15.7 Å². The summed E-state index contributed by atoms with van der Waals surface area (Å²) in [6, 6.07) is 25.4. The van der Waals surface area contributed by atoms with Gasteiger partial charge in [-0.3, -0.25) is 9.59 Å². The Bertz CT molecular complexity index is 1690. The number of nitrogens with two attached hydrogens (primary N) is 1. The molecule has 1 fully saturated rings. The third-order valence-corrected chi connectivity index (χ3v) is 10.3. The van der Waals surface area contributed by atoms with Crippen LogP contribution in [0.15, 0.2) is 78.9 Å². The molecular weight excluding hydrogens is 596 g/mol. The van der Waals surface area contributed by atoms with E-state index in [1.165, 1.54) is 24.1 Å². The van der Waals surface area contributed by atoms with Crippen LogP contribution >= 0.6 is 0 Å². The number of nitrogens with one attached hydrogen (secondary N) is 1. The van der Waals surface area contributed by atoms with Gasteiger partial charge in [-0.2, -0.15) is 4.98 Å². The highest BCUT2D eigenvalue weighted by Crippen LogP contribution is 2.40. The highest BCUT2D eigenvalue weighted by Gasteiger charge is 2.35. The van der Waals surface area contributed by atoms with E-state index in [9.17, 15) is 9.59 Å². The normalized spacial score (nSPS) is 18.7. The van der Waals surface area contributed by atoms with Crippen LogP contribution in [0.2, 0.25) is 0 Å². The summed E-state index contributed by atoms with van der Waals surface area (Å²) in [5.74, 6) is 1.07. The van der Waals surface area contributed by atoms with E-state index in [0.717, 1.165) is 61.0 Å². The number of hydrogen-bond acceptors (Lipinski definition) is 6. The summed E-state index contributed by atoms with van der Waals surface area (Å²) >= 11 is 0. The van der Waals surface area contributed by atoms with E-state index < -0.39 is 5.91 Å². The van der Waals surface area contributed by atoms with Gasteiger partial charge in [0, 0.05) is 25.7 Å². The van der Waals surface area contributed by atoms with Crippen molar-refractivity contribution >= 4 is 23.6 Å². The zero-order valence-corrected chi connectivity index (χ0v) is 28.7. The van der Waals surface area contributed by atoms with E-state index in [2.05, 4.69) is 24.1 Å². The molecule has 8 heteroatoms. The lowest BCUT2D eigenvalue weighted by molar-refractivity contribution is 0.0598. The van der Waals surface area contributed by atoms with Crippen LogP contribution in [0.5, 0.6) is 0 Å². The van der Waals surface area contributed by atoms with Crippen molar-refractivity contribution in [1.29, 1.82) is 0 Å². The number of primary amides is 1. The summed E-state index contributed by atoms with van der Waals surface area (Å²) in [7, 11) is 4.10. The van der Waals surface area contributed by atoms with Gasteiger partial charge in [0.1, 0.15) is 5.82 Å². The molecule has 8 nitrogen and oxygen atoms in total. The minimum Gasteiger partial charge on any atom is -0.366 e. The summed E-state index contributed by atoms with van der Waals surface area (Å²) < 4.78 is 0. The maximum absolute atomic E-state index is 15.0. The topological polar surface area (TPSA) is 104 Å². The highest BCUT2D eigenvalue weighted by atomic mass is 16.2. The van der Waals surface area contributed by atoms with Crippen LogP contribution in [-0.2, 0) is 12.8 Å². The average molecular weight is 645 g/mol. The second kappa shape index (κ2) is 14.6. The molecule has 1 saturated carbocycles. The van der Waals surface area contributed by atoms with Gasteiger partial charge in [-0.05, 0) is 93.9 Å². The van der Waals surface area contributed by atoms with E-state index in [1.807, 2.05) is 91.8 Å². The minimum atomic E-state index is -0.587. The molecule has 2 aliphatic rings. The van der Waals surface area contributed by atoms with E-state index >= 15 is 0 Å². The first-order valence-corrected chi connectivity index (χ1v) is 17.4. The number of rotatable bonds is 10. The molecule has 0 unspecified atom stereocenters. The molecule has 48 heavy (non-hydrogen) atoms. The summed E-state index contributed by atoms with van der Waals surface area (Å²) in [4.78, 5) is 41.8. The number of nitrogens with zero attached hydrogens (tertiary/aromatic N) is 4. The van der Waals surface area contributed by atoms with Crippen molar-refractivity contribution < 1.29 is 9.59 Å². The molecule has 2 aliphatic carbocycles. The monoisotopic (exact) mass is 644 g/mol. The van der Waals surface area contributed by atoms with Gasteiger partial charge < -0.3 is 20.9 Å². The molecule has 3 N–H and O–H groups in total. The van der Waals surface area contributed by atoms with Crippen LogP contribution in [0.25, 0.3) is 0 Å². The Morgan fingerprint density at radius 2 is 1.40 bits per heavy atom. The molecule has 0 radical (unpaired) electrons. The molecule has 1 heterocycles. The Hall–Kier alpha value is -4.72. The Labute approximate surface area is 284 Å². The summed E-state index contributed by atoms with van der Waals surface area (Å²) in [5, 5.41) is 3.65. The van der Waals surface area contributed by atoms with Gasteiger partial charge in [0.05, 0.1) is 28.9 Å². The molecule has 0 aliphatic heterocycles. The molecular formula is C40H48N6O2. The van der Waals surface area contributed by atoms with Crippen molar-refractivity contribution in [3.63, 3.8) is 0 Å². The van der Waals surface area contributed by atoms with Gasteiger partial charge in [0.2, 0.25) is 11.9 Å². The van der Waals surface area contributed by atoms with Crippen LogP contribution in [-0.4, -0.2) is 46.8 Å². The lowest BCUT2D eigenvalue weighted by Crippen LogP contribution is -2.38. The molecule has 6 rings (SSSR count). The average Bonchev–Trinajstić information content (AvgIpc) is 3.11. The van der Waals surface area contributed by atoms with Crippen molar-refractivity contribution in [1.82, 2.24) is 14.9 Å². The summed E-state index contributed by atoms with van der Waals surface area (Å²) in [6.45, 7) is 4.11. The highest BCUT2D eigenvalue weighted by molar-refractivity contribution is 6.08. The quantitative estimate of drug-likeness (QED) is 0.184. The Kier molecular flexibility index (Phi) is 10.1. The zero-order chi connectivity index (χ0) is 33.8. The number of amides is 2. The maximum atomic E-state index is 15.0. The molecule has 0 bridgehead atoms. The van der Waals surface area contributed by atoms with Crippen molar-refractivity contribution in [3.05, 3.63) is 118 Å². The molecule has 0 spiro atoms. The minimum absolute atomic E-state index is 0.115. The number of carbonyl (C=O) groups is 2. The molecule has 4 aromatic rings. The first-order valence-electron chi connectivity index (χ1n) is 17.4. The number of aromatic nitrogens is 2. The first kappa shape index (κ1) is 33.2. The van der Waals surface area contributed by atoms with Crippen molar-refractivity contribution in [2.75, 3.05) is 24.3 Å². The molecule has 250 valence electrons. The number of fused-ring (bicyclic) bond motifs is 1. The number of anilines is 2. The SMILES string of the molecule is C[C@@H](c1ccccc1)N(C(=O)c1c(C(N)=O)cccc1C1CCC(Nc2nc3c(c(N(C)C)n2)CCCC3)CC1)[C@@H](C)c1ccccc1. The summed E-state index contributed by atoms with van der Waals surface area (Å²) in [5.41, 5.74) is 12.1. The second-order valence-corrected chi connectivity index (χ2v) is 13.6. The number of carbonyl (C=O) groups excluding carboxylic acids is 2. The van der Waals surface area contributed by atoms with Gasteiger partial charge in [-0.15, -0.1) is 0 Å². The maximum Gasteiger partial charge on any atom is 0.255 e. The Balaban J connectivity index is 1.28. The van der Waals surface area contributed by atoms with Crippen molar-refractivity contribution in [2.24, 2.45) is 5.73 Å². The van der Waals surface area contributed by atoms with Crippen LogP contribution in [0.1, 0.15) is 119 Å². The zero-order valence-electron chi connectivity index (χ0n) is 28.7. The van der Waals surface area contributed by atoms with E-state index in [-0.39, 0.29) is 35.5 Å². The predicted octanol–water partition coefficient (Wildman–Crippen LogP) is 7.62. The second-order valence-electron chi connectivity index (χ2n) is 13.6. The Morgan fingerprint density at radius 1 is 0.792 bits per heavy atom.